The summed E-state index contributed by atoms with van der Waals surface area (Å²) in [6.45, 7) is -1.30. The van der Waals surface area contributed by atoms with E-state index in [0.29, 0.717) is 76.6 Å². The molecule has 0 saturated heterocycles. The largest absolute Gasteiger partial charge is 0.497 e. The van der Waals surface area contributed by atoms with Crippen molar-refractivity contribution >= 4 is 184 Å². The number of aromatic carboxylic acids is 3. The quantitative estimate of drug-likeness (QED) is 0.0268. The van der Waals surface area contributed by atoms with Crippen LogP contribution < -0.4 is 64.9 Å². The van der Waals surface area contributed by atoms with Gasteiger partial charge in [-0.1, -0.05) is 71.7 Å². The predicted octanol–water partition coefficient (Wildman–Crippen LogP) is 17.8. The first kappa shape index (κ1) is 103. The SMILES string of the molecule is COc1cc(Cn2c(C(=O)O)c(-n3c(=O)[nH]c4cscc4c3=O)c3cc(C(F)(F)F)ccc32)cc(OC)c1.CS(=O)(=O)NC(=O)c1c(-n2c(=O)[nH]c3ccccc3c2=O)c2cc(Cl)ccc2n1Cc1cccc(N)c1.O=C(O)c1c(-n2c(=O)[nH]c3cscc3c2=O)c2cc(C(F)(F)F)ccc2n1Cc1c(F)cccc1Cl.O=C(O)c1c(-n2c(=O)[nH]c3cscc3c2=O)c2cc(C(F)(F)F)ccc2n1Cc1ccccc1C(F)(F)F. The van der Waals surface area contributed by atoms with Crippen molar-refractivity contribution in [1.82, 2.24) is 61.2 Å². The second-order valence-corrected chi connectivity index (χ2v) is 37.7. The summed E-state index contributed by atoms with van der Waals surface area (Å²) in [6.07, 6.45) is -18.4. The number of aromatic nitrogens is 12. The number of nitrogens with two attached hydrogens (primary N) is 1. The number of H-pyrrole nitrogens is 4. The van der Waals surface area contributed by atoms with Gasteiger partial charge in [0.05, 0.1) is 138 Å². The molecule has 0 atom stereocenters. The van der Waals surface area contributed by atoms with Crippen molar-refractivity contribution < 1.29 is 109 Å². The second-order valence-electron chi connectivity index (χ2n) is 32.8. The fraction of sp³-hybridized carbons (Fsp3) is 0.113. The van der Waals surface area contributed by atoms with Crippen molar-refractivity contribution in [2.45, 2.75) is 50.9 Å². The first-order valence-corrected chi connectivity index (χ1v) is 48.1. The summed E-state index contributed by atoms with van der Waals surface area (Å²) < 4.78 is 222. The van der Waals surface area contributed by atoms with Crippen LogP contribution in [0.25, 0.3) is 110 Å². The van der Waals surface area contributed by atoms with Crippen molar-refractivity contribution in [1.29, 1.82) is 0 Å². The minimum atomic E-state index is -4.88. The van der Waals surface area contributed by atoms with E-state index in [9.17, 15) is 138 Å². The lowest BCUT2D eigenvalue weighted by Gasteiger charge is -2.15. The molecule has 0 unspecified atom stereocenters. The molecule has 0 bridgehead atoms. The van der Waals surface area contributed by atoms with Gasteiger partial charge in [-0.25, -0.2) is 69.4 Å². The van der Waals surface area contributed by atoms with Gasteiger partial charge in [-0.2, -0.15) is 52.7 Å². The number of carboxylic acid groups (broad SMARTS) is 3. The number of methoxy groups -OCH3 is 2. The molecular formula is C97H63Cl2F13N14O19S4. The number of hydrogen-bond donors (Lipinski definition) is 9. The molecule has 0 aliphatic carbocycles. The maximum Gasteiger partial charge on any atom is 0.416 e. The second kappa shape index (κ2) is 39.4. The Morgan fingerprint density at radius 3 is 1.19 bits per heavy atom. The van der Waals surface area contributed by atoms with Crippen LogP contribution in [0.15, 0.2) is 253 Å². The number of nitrogen functional groups attached to an aromatic ring is 1. The maximum atomic E-state index is 14.6. The van der Waals surface area contributed by atoms with Crippen LogP contribution in [-0.4, -0.2) is 125 Å². The molecule has 0 saturated carbocycles. The molecule has 9 aromatic carbocycles. The van der Waals surface area contributed by atoms with Gasteiger partial charge in [-0.05, 0) is 144 Å². The Bertz CT molecular complexity index is 9630. The average molecular weight is 2170 g/mol. The molecule has 149 heavy (non-hydrogen) atoms. The number of hydrogen-bond acceptors (Lipinski definition) is 20. The number of rotatable bonds is 19. The highest BCUT2D eigenvalue weighted by Gasteiger charge is 2.41. The van der Waals surface area contributed by atoms with Crippen LogP contribution in [0.2, 0.25) is 10.0 Å². The number of fused-ring (bicyclic) bond motifs is 8. The van der Waals surface area contributed by atoms with E-state index >= 15 is 0 Å². The molecule has 20 aromatic rings. The highest BCUT2D eigenvalue weighted by atomic mass is 35.5. The topological polar surface area (TPSA) is 459 Å². The Morgan fingerprint density at radius 2 is 0.772 bits per heavy atom. The van der Waals surface area contributed by atoms with Crippen LogP contribution in [0, 0.1) is 5.82 Å². The van der Waals surface area contributed by atoms with Gasteiger partial charge >= 0.3 is 65.4 Å². The summed E-state index contributed by atoms with van der Waals surface area (Å²) in [5.74, 6) is -5.95. The summed E-state index contributed by atoms with van der Waals surface area (Å²) in [5.41, 5.74) is -7.79. The van der Waals surface area contributed by atoms with Gasteiger partial charge in [0.25, 0.3) is 28.1 Å². The van der Waals surface area contributed by atoms with Crippen molar-refractivity contribution in [2.75, 3.05) is 26.2 Å². The number of nitrogens with zero attached hydrogens (tertiary/aromatic N) is 8. The highest BCUT2D eigenvalue weighted by molar-refractivity contribution is 7.89. The molecule has 764 valence electrons. The zero-order chi connectivity index (χ0) is 107. The lowest BCUT2D eigenvalue weighted by molar-refractivity contribution is -0.138. The Balaban J connectivity index is 0.000000135. The van der Waals surface area contributed by atoms with Gasteiger partial charge in [-0.3, -0.25) is 24.0 Å². The van der Waals surface area contributed by atoms with Gasteiger partial charge in [0.15, 0.2) is 17.1 Å². The first-order valence-electron chi connectivity index (χ1n) is 42.6. The molecule has 0 fully saturated rings. The van der Waals surface area contributed by atoms with E-state index in [2.05, 4.69) is 19.9 Å². The van der Waals surface area contributed by atoms with Crippen molar-refractivity contribution in [3.05, 3.63) is 381 Å². The van der Waals surface area contributed by atoms with Crippen LogP contribution in [0.3, 0.4) is 0 Å². The number of thiophene rings is 3. The van der Waals surface area contributed by atoms with E-state index in [0.717, 1.165) is 115 Å². The van der Waals surface area contributed by atoms with Crippen molar-refractivity contribution in [2.24, 2.45) is 0 Å². The lowest BCUT2D eigenvalue weighted by Crippen LogP contribution is -2.37. The number of amides is 1. The zero-order valence-electron chi connectivity index (χ0n) is 75.4. The molecular weight excluding hydrogens is 2110 g/mol. The third kappa shape index (κ3) is 19.7. The molecule has 52 heteroatoms. The number of alkyl halides is 12. The standard InChI is InChI=1S/C25H20ClN5O5S.C25H18F3N3O6S.C24H13F6N3O4S.C23H12ClF4N3O4S/c1-37(35,36)29-23(32)22-21(31-24(33)17-7-2-3-8-19(17)28-25(31)34)18-12-15(26)9-10-20(18)30(22)13-14-5-4-6-16(27)11-14;1-36-14-5-12(6-15(8-14)37-2)9-30-19-4-3-13(25(26,27)28)7-16(19)20(21(30)23(33)34)31-22(32)17-10-38-11-18(17)29-24(31)35;25-23(26,27)12-5-6-17-13(7-12)18(33-20(34)14-9-38-10-16(14)31-22(33)37)19(21(35)36)32(17)8-11-3-1-2-4-15(11)24(28,29)30;24-14-2-1-3-15(25)12(14)7-30-17-5-4-10(23(26,27)28)6-11(17)18(19(30)21(33)34)31-20(32)13-8-36-9-16(13)29-22(31)35/h2-12H,13,27H2,1H3,(H,28,34)(H,29,32);3-8,10-11H,9H2,1-2H3,(H,29,35)(H,33,34);1-7,9-10H,8H2,(H,31,37)(H,35,36);1-6,8-9H,7H2,(H,29,35)(H,33,34). The monoisotopic (exact) mass is 2170 g/mol. The lowest BCUT2D eigenvalue weighted by atomic mass is 10.1. The van der Waals surface area contributed by atoms with Crippen LogP contribution in [0.4, 0.5) is 62.8 Å². The fourth-order valence-corrected chi connectivity index (χ4v) is 20.4. The smallest absolute Gasteiger partial charge is 0.416 e. The van der Waals surface area contributed by atoms with Crippen LogP contribution >= 0.6 is 57.2 Å². The zero-order valence-corrected chi connectivity index (χ0v) is 80.2. The third-order valence-electron chi connectivity index (χ3n) is 23.6. The number of benzene rings is 9. The Hall–Kier alpha value is -17.1. The number of carboxylic acids is 3. The minimum Gasteiger partial charge on any atom is -0.497 e. The van der Waals surface area contributed by atoms with E-state index in [1.807, 2.05) is 4.72 Å². The molecule has 0 aliphatic rings. The molecule has 11 aromatic heterocycles. The molecule has 0 spiro atoms. The molecule has 33 nitrogen and oxygen atoms in total. The van der Waals surface area contributed by atoms with E-state index in [4.69, 9.17) is 38.4 Å². The van der Waals surface area contributed by atoms with Gasteiger partial charge in [0, 0.05) is 101 Å². The number of anilines is 1. The normalized spacial score (nSPS) is 12.0. The summed E-state index contributed by atoms with van der Waals surface area (Å²) in [5, 5.41) is 39.0. The number of halogens is 15. The van der Waals surface area contributed by atoms with Gasteiger partial charge in [0.2, 0.25) is 10.0 Å². The van der Waals surface area contributed by atoms with E-state index in [1.54, 1.807) is 78.9 Å². The van der Waals surface area contributed by atoms with E-state index < -0.39 is 184 Å². The first-order chi connectivity index (χ1) is 70.3. The van der Waals surface area contributed by atoms with E-state index in [1.165, 1.54) is 79.9 Å². The summed E-state index contributed by atoms with van der Waals surface area (Å²) >= 11 is 15.7. The Labute approximate surface area is 841 Å². The number of para-hydroxylation sites is 1. The van der Waals surface area contributed by atoms with Crippen LogP contribution in [-0.2, 0) is 60.9 Å². The van der Waals surface area contributed by atoms with Crippen LogP contribution in [0.1, 0.15) is 86.5 Å². The number of carbonyl (C=O) groups is 4. The number of aromatic amines is 4. The number of ether oxygens (including phenoxy) is 2. The number of carbonyl (C=O) groups excluding carboxylic acids is 1. The Morgan fingerprint density at radius 1 is 0.396 bits per heavy atom. The van der Waals surface area contributed by atoms with Crippen molar-refractivity contribution in [3.63, 3.8) is 0 Å². The average Bonchev–Trinajstić information content (AvgIpc) is 1.58. The third-order valence-corrected chi connectivity index (χ3v) is 27.0. The summed E-state index contributed by atoms with van der Waals surface area (Å²) in [4.78, 5) is 167. The predicted molar refractivity (Wildman–Crippen MR) is 529 cm³/mol. The van der Waals surface area contributed by atoms with Crippen LogP contribution in [0.5, 0.6) is 11.5 Å². The molecule has 11 heterocycles. The van der Waals surface area contributed by atoms with Crippen molar-refractivity contribution in [3.8, 4) is 34.2 Å². The fourth-order valence-electron chi connectivity index (χ4n) is 17.3. The van der Waals surface area contributed by atoms with E-state index in [-0.39, 0.29) is 111 Å². The van der Waals surface area contributed by atoms with Gasteiger partial charge in [0.1, 0.15) is 23.0 Å². The summed E-state index contributed by atoms with van der Waals surface area (Å²) in [6, 6.07) is 38.2. The molecule has 20 rings (SSSR count). The molecule has 0 radical (unpaired) electrons. The Kier molecular flexibility index (Phi) is 27.3. The summed E-state index contributed by atoms with van der Waals surface area (Å²) in [7, 11) is -1.13. The van der Waals surface area contributed by atoms with Gasteiger partial charge in [-0.15, -0.1) is 34.0 Å². The minimum absolute atomic E-state index is 0.0266. The maximum absolute atomic E-state index is 14.6. The number of sulfonamides is 1. The highest BCUT2D eigenvalue weighted by Crippen LogP contribution is 2.44. The number of nitrogens with one attached hydrogen (secondary N) is 5. The molecule has 1 amide bonds. The van der Waals surface area contributed by atoms with Gasteiger partial charge < -0.3 is 68.7 Å². The molecule has 10 N–H and O–H groups in total. The molecule has 0 aliphatic heterocycles.